The van der Waals surface area contributed by atoms with Crippen LogP contribution in [0.15, 0.2) is 48.5 Å². The lowest BCUT2D eigenvalue weighted by Gasteiger charge is -2.46. The van der Waals surface area contributed by atoms with Gasteiger partial charge in [-0.2, -0.15) is 0 Å². The molecule has 0 saturated carbocycles. The fourth-order valence-electron chi connectivity index (χ4n) is 4.47. The van der Waals surface area contributed by atoms with Gasteiger partial charge in [-0.15, -0.1) is 0 Å². The number of anilines is 1. The molecule has 3 atom stereocenters. The predicted molar refractivity (Wildman–Crippen MR) is 111 cm³/mol. The summed E-state index contributed by atoms with van der Waals surface area (Å²) in [5.41, 5.74) is 4.15. The van der Waals surface area contributed by atoms with Gasteiger partial charge in [0.05, 0.1) is 24.1 Å². The van der Waals surface area contributed by atoms with Crippen molar-refractivity contribution in [1.82, 2.24) is 4.90 Å². The number of piperazine rings is 1. The van der Waals surface area contributed by atoms with Gasteiger partial charge in [-0.1, -0.05) is 36.4 Å². The van der Waals surface area contributed by atoms with E-state index in [1.54, 1.807) is 4.90 Å². The highest BCUT2D eigenvalue weighted by molar-refractivity contribution is 7.91. The highest BCUT2D eigenvalue weighted by Gasteiger charge is 2.50. The molecule has 1 amide bonds. The van der Waals surface area contributed by atoms with Crippen LogP contribution in [0, 0.1) is 13.8 Å². The number of hydrogen-bond acceptors (Lipinski definition) is 4. The minimum Gasteiger partial charge on any atom is -0.306 e. The van der Waals surface area contributed by atoms with Crippen LogP contribution in [0.4, 0.5) is 5.69 Å². The van der Waals surface area contributed by atoms with Crippen molar-refractivity contribution >= 4 is 21.4 Å². The zero-order chi connectivity index (χ0) is 20.1. The van der Waals surface area contributed by atoms with E-state index in [0.29, 0.717) is 0 Å². The second kappa shape index (κ2) is 7.01. The smallest absolute Gasteiger partial charge is 0.241 e. The topological polar surface area (TPSA) is 57.7 Å². The number of sulfone groups is 1. The normalized spacial score (nSPS) is 25.5. The number of carbonyl (C=O) groups excluding carboxylic acids is 1. The van der Waals surface area contributed by atoms with Gasteiger partial charge in [0, 0.05) is 17.8 Å². The Labute approximate surface area is 166 Å². The lowest BCUT2D eigenvalue weighted by Crippen LogP contribution is -2.62. The van der Waals surface area contributed by atoms with E-state index in [-0.39, 0.29) is 42.1 Å². The molecular weight excluding hydrogens is 372 g/mol. The average Bonchev–Trinajstić information content (AvgIpc) is 2.98. The first-order chi connectivity index (χ1) is 13.3. The van der Waals surface area contributed by atoms with Crippen LogP contribution in [0.5, 0.6) is 0 Å². The Balaban J connectivity index is 1.72. The molecule has 0 N–H and O–H groups in total. The first-order valence-corrected chi connectivity index (χ1v) is 11.5. The molecule has 2 aromatic carbocycles. The van der Waals surface area contributed by atoms with Crippen molar-refractivity contribution in [2.24, 2.45) is 0 Å². The average molecular weight is 399 g/mol. The Morgan fingerprint density at radius 1 is 0.964 bits per heavy atom. The molecule has 2 saturated heterocycles. The summed E-state index contributed by atoms with van der Waals surface area (Å²) in [6.07, 6.45) is 0. The quantitative estimate of drug-likeness (QED) is 0.798. The third-order valence-corrected chi connectivity index (χ3v) is 7.88. The van der Waals surface area contributed by atoms with Crippen molar-refractivity contribution in [2.75, 3.05) is 23.0 Å². The molecule has 0 spiro atoms. The van der Waals surface area contributed by atoms with Gasteiger partial charge in [0.1, 0.15) is 0 Å². The summed E-state index contributed by atoms with van der Waals surface area (Å²) in [7, 11) is -3.20. The van der Waals surface area contributed by atoms with Gasteiger partial charge >= 0.3 is 0 Å². The molecule has 6 heteroatoms. The summed E-state index contributed by atoms with van der Waals surface area (Å²) >= 11 is 0. The molecule has 28 heavy (non-hydrogen) atoms. The standard InChI is InChI=1S/C22H26N2O3S/c1-15-9-10-19(11-16(15)2)24-21-14-28(26,27)13-20(21)23(12-22(24)25)17(3)18-7-5-4-6-8-18/h4-11,17,20-21H,12-14H2,1-3H3/t17-,20+,21-/m1/s1. The first-order valence-electron chi connectivity index (χ1n) is 9.67. The summed E-state index contributed by atoms with van der Waals surface area (Å²) in [6.45, 7) is 6.32. The molecule has 2 aromatic rings. The molecule has 4 rings (SSSR count). The molecule has 2 aliphatic rings. The molecule has 148 valence electrons. The maximum atomic E-state index is 13.2. The Hall–Kier alpha value is -2.18. The zero-order valence-corrected chi connectivity index (χ0v) is 17.3. The fourth-order valence-corrected chi connectivity index (χ4v) is 6.43. The van der Waals surface area contributed by atoms with Crippen LogP contribution in [0.1, 0.15) is 29.7 Å². The van der Waals surface area contributed by atoms with Gasteiger partial charge in [0.25, 0.3) is 0 Å². The van der Waals surface area contributed by atoms with Gasteiger partial charge in [0.15, 0.2) is 9.84 Å². The molecule has 5 nitrogen and oxygen atoms in total. The van der Waals surface area contributed by atoms with Crippen molar-refractivity contribution in [3.05, 3.63) is 65.2 Å². The van der Waals surface area contributed by atoms with Crippen LogP contribution in [0.2, 0.25) is 0 Å². The van der Waals surface area contributed by atoms with Gasteiger partial charge in [0.2, 0.25) is 5.91 Å². The predicted octanol–water partition coefficient (Wildman–Crippen LogP) is 2.88. The van der Waals surface area contributed by atoms with E-state index in [9.17, 15) is 13.2 Å². The first kappa shape index (κ1) is 19.2. The van der Waals surface area contributed by atoms with Crippen LogP contribution in [-0.2, 0) is 14.6 Å². The molecule has 2 fully saturated rings. The van der Waals surface area contributed by atoms with E-state index >= 15 is 0 Å². The Morgan fingerprint density at radius 3 is 2.32 bits per heavy atom. The second-order valence-corrected chi connectivity index (χ2v) is 10.2. The van der Waals surface area contributed by atoms with E-state index < -0.39 is 9.84 Å². The second-order valence-electron chi connectivity index (χ2n) is 8.00. The third kappa shape index (κ3) is 3.35. The Morgan fingerprint density at radius 2 is 1.64 bits per heavy atom. The van der Waals surface area contributed by atoms with Crippen molar-refractivity contribution in [3.63, 3.8) is 0 Å². The van der Waals surface area contributed by atoms with E-state index in [1.165, 1.54) is 0 Å². The number of aryl methyl sites for hydroxylation is 2. The molecule has 2 heterocycles. The minimum atomic E-state index is -3.20. The van der Waals surface area contributed by atoms with Gasteiger partial charge in [-0.05, 0) is 49.6 Å². The maximum absolute atomic E-state index is 13.2. The number of carbonyl (C=O) groups is 1. The SMILES string of the molecule is Cc1ccc(N2C(=O)CN([C@H](C)c3ccccc3)[C@H]3CS(=O)(=O)C[C@H]32)cc1C. The van der Waals surface area contributed by atoms with Gasteiger partial charge < -0.3 is 4.90 Å². The highest BCUT2D eigenvalue weighted by atomic mass is 32.2. The zero-order valence-electron chi connectivity index (χ0n) is 16.5. The number of rotatable bonds is 3. The van der Waals surface area contributed by atoms with E-state index in [4.69, 9.17) is 0 Å². The van der Waals surface area contributed by atoms with Crippen LogP contribution in [0.25, 0.3) is 0 Å². The lowest BCUT2D eigenvalue weighted by atomic mass is 9.97. The number of nitrogens with zero attached hydrogens (tertiary/aromatic N) is 2. The summed E-state index contributed by atoms with van der Waals surface area (Å²) in [5.74, 6) is 0.0852. The van der Waals surface area contributed by atoms with Crippen molar-refractivity contribution < 1.29 is 13.2 Å². The number of benzene rings is 2. The molecule has 0 radical (unpaired) electrons. The monoisotopic (exact) mass is 398 g/mol. The summed E-state index contributed by atoms with van der Waals surface area (Å²) < 4.78 is 25.1. The molecule has 0 aliphatic carbocycles. The summed E-state index contributed by atoms with van der Waals surface area (Å²) in [4.78, 5) is 17.0. The van der Waals surface area contributed by atoms with E-state index in [0.717, 1.165) is 22.4 Å². The van der Waals surface area contributed by atoms with Crippen LogP contribution in [-0.4, -0.2) is 49.4 Å². The molecule has 0 aromatic heterocycles. The number of amides is 1. The van der Waals surface area contributed by atoms with Crippen molar-refractivity contribution in [1.29, 1.82) is 0 Å². The molecule has 2 aliphatic heterocycles. The van der Waals surface area contributed by atoms with Gasteiger partial charge in [-0.25, -0.2) is 8.42 Å². The van der Waals surface area contributed by atoms with Crippen LogP contribution < -0.4 is 4.90 Å². The summed E-state index contributed by atoms with van der Waals surface area (Å²) in [6, 6.07) is 15.3. The third-order valence-electron chi connectivity index (χ3n) is 6.19. The van der Waals surface area contributed by atoms with Crippen molar-refractivity contribution in [3.8, 4) is 0 Å². The molecule has 0 bridgehead atoms. The van der Waals surface area contributed by atoms with Crippen molar-refractivity contribution in [2.45, 2.75) is 38.9 Å². The largest absolute Gasteiger partial charge is 0.306 e. The summed E-state index contributed by atoms with van der Waals surface area (Å²) in [5, 5.41) is 0. The minimum absolute atomic E-state index is 0.0205. The fraction of sp³-hybridized carbons (Fsp3) is 0.409. The lowest BCUT2D eigenvalue weighted by molar-refractivity contribution is -0.124. The van der Waals surface area contributed by atoms with Gasteiger partial charge in [-0.3, -0.25) is 9.69 Å². The highest BCUT2D eigenvalue weighted by Crippen LogP contribution is 2.36. The Bertz CT molecular complexity index is 1000. The van der Waals surface area contributed by atoms with Crippen LogP contribution in [0.3, 0.4) is 0 Å². The number of hydrogen-bond donors (Lipinski definition) is 0. The van der Waals surface area contributed by atoms with E-state index in [2.05, 4.69) is 11.8 Å². The molecular formula is C22H26N2O3S. The number of fused-ring (bicyclic) bond motifs is 1. The van der Waals surface area contributed by atoms with E-state index in [1.807, 2.05) is 62.4 Å². The van der Waals surface area contributed by atoms with Crippen LogP contribution >= 0.6 is 0 Å². The molecule has 0 unspecified atom stereocenters. The Kier molecular flexibility index (Phi) is 4.79. The maximum Gasteiger partial charge on any atom is 0.241 e.